The fraction of sp³-hybridized carbons (Fsp3) is 0.417. The maximum atomic E-state index is 13.1. The predicted molar refractivity (Wildman–Crippen MR) is 118 cm³/mol. The molecule has 6 heteroatoms. The third kappa shape index (κ3) is 4.13. The number of nitrogens with zero attached hydrogens (tertiary/aromatic N) is 3. The molecule has 2 heterocycles. The molecule has 2 aliphatic heterocycles. The minimum atomic E-state index is -0.258. The van der Waals surface area contributed by atoms with Crippen LogP contribution < -0.4 is 14.5 Å². The molecule has 0 radical (unpaired) electrons. The molecule has 0 N–H and O–H groups in total. The van der Waals surface area contributed by atoms with Gasteiger partial charge in [0, 0.05) is 56.6 Å². The van der Waals surface area contributed by atoms with Gasteiger partial charge in [-0.25, -0.2) is 0 Å². The molecular formula is C24H29N3O3. The second-order valence-corrected chi connectivity index (χ2v) is 7.94. The van der Waals surface area contributed by atoms with Crippen molar-refractivity contribution in [1.29, 1.82) is 0 Å². The highest BCUT2D eigenvalue weighted by Gasteiger charge is 2.37. The summed E-state index contributed by atoms with van der Waals surface area (Å²) in [5, 5.41) is 0. The number of rotatable bonds is 5. The van der Waals surface area contributed by atoms with Crippen LogP contribution in [0.1, 0.15) is 18.9 Å². The normalized spacial score (nSPS) is 19.3. The Hall–Kier alpha value is -3.02. The summed E-state index contributed by atoms with van der Waals surface area (Å²) in [4.78, 5) is 31.6. The quantitative estimate of drug-likeness (QED) is 0.765. The van der Waals surface area contributed by atoms with Crippen LogP contribution in [0.15, 0.2) is 48.5 Å². The lowest BCUT2D eigenvalue weighted by Gasteiger charge is -2.37. The molecule has 0 unspecified atom stereocenters. The number of anilines is 2. The molecule has 0 saturated carbocycles. The van der Waals surface area contributed by atoms with Crippen molar-refractivity contribution in [2.24, 2.45) is 5.92 Å². The van der Waals surface area contributed by atoms with Crippen molar-refractivity contribution in [3.05, 3.63) is 54.1 Å². The summed E-state index contributed by atoms with van der Waals surface area (Å²) in [5.74, 6) is 0.711. The molecule has 2 aromatic rings. The lowest BCUT2D eigenvalue weighted by Crippen LogP contribution is -2.50. The number of hydrogen-bond donors (Lipinski definition) is 0. The van der Waals surface area contributed by atoms with E-state index in [9.17, 15) is 9.59 Å². The summed E-state index contributed by atoms with van der Waals surface area (Å²) in [6.07, 6.45) is 1.27. The molecule has 0 aliphatic carbocycles. The SMILES string of the molecule is CCc1ccc(N2C[C@@H](C(=O)N3CCN(c4cccc(OC)c4)CC3)CC2=O)cc1. The fourth-order valence-corrected chi connectivity index (χ4v) is 4.28. The van der Waals surface area contributed by atoms with Gasteiger partial charge in [-0.3, -0.25) is 9.59 Å². The van der Waals surface area contributed by atoms with Gasteiger partial charge < -0.3 is 19.4 Å². The Balaban J connectivity index is 1.35. The molecule has 30 heavy (non-hydrogen) atoms. The van der Waals surface area contributed by atoms with Crippen LogP contribution in [-0.2, 0) is 16.0 Å². The van der Waals surface area contributed by atoms with E-state index in [-0.39, 0.29) is 17.7 Å². The number of benzene rings is 2. The first-order chi connectivity index (χ1) is 14.6. The van der Waals surface area contributed by atoms with E-state index in [4.69, 9.17) is 4.74 Å². The highest BCUT2D eigenvalue weighted by atomic mass is 16.5. The van der Waals surface area contributed by atoms with E-state index < -0.39 is 0 Å². The largest absolute Gasteiger partial charge is 0.497 e. The maximum absolute atomic E-state index is 13.1. The second kappa shape index (κ2) is 8.78. The molecule has 0 bridgehead atoms. The lowest BCUT2D eigenvalue weighted by atomic mass is 10.1. The Morgan fingerprint density at radius 1 is 1.03 bits per heavy atom. The van der Waals surface area contributed by atoms with Crippen LogP contribution in [0.3, 0.4) is 0 Å². The Morgan fingerprint density at radius 3 is 2.43 bits per heavy atom. The molecule has 2 aromatic carbocycles. The average molecular weight is 408 g/mol. The number of carbonyl (C=O) groups excluding carboxylic acids is 2. The molecule has 4 rings (SSSR count). The molecule has 6 nitrogen and oxygen atoms in total. The maximum Gasteiger partial charge on any atom is 0.228 e. The first-order valence-electron chi connectivity index (χ1n) is 10.7. The fourth-order valence-electron chi connectivity index (χ4n) is 4.28. The number of methoxy groups -OCH3 is 1. The van der Waals surface area contributed by atoms with Gasteiger partial charge in [-0.1, -0.05) is 25.1 Å². The van der Waals surface area contributed by atoms with E-state index in [1.165, 1.54) is 5.56 Å². The van der Waals surface area contributed by atoms with E-state index in [0.717, 1.165) is 36.6 Å². The van der Waals surface area contributed by atoms with E-state index in [1.807, 2.05) is 35.2 Å². The Morgan fingerprint density at radius 2 is 1.77 bits per heavy atom. The lowest BCUT2D eigenvalue weighted by molar-refractivity contribution is -0.136. The minimum absolute atomic E-state index is 0.0348. The molecule has 0 aromatic heterocycles. The standard InChI is InChI=1S/C24H29N3O3/c1-3-18-7-9-20(10-8-18)27-17-19(15-23(27)28)24(29)26-13-11-25(12-14-26)21-5-4-6-22(16-21)30-2/h4-10,16,19H,3,11-15,17H2,1-2H3/t19-/m0/s1. The molecular weight excluding hydrogens is 378 g/mol. The van der Waals surface area contributed by atoms with Gasteiger partial charge in [0.1, 0.15) is 5.75 Å². The van der Waals surface area contributed by atoms with Crippen LogP contribution in [0.4, 0.5) is 11.4 Å². The van der Waals surface area contributed by atoms with Crippen LogP contribution >= 0.6 is 0 Å². The number of hydrogen-bond acceptors (Lipinski definition) is 4. The van der Waals surface area contributed by atoms with E-state index >= 15 is 0 Å². The van der Waals surface area contributed by atoms with E-state index in [0.29, 0.717) is 26.1 Å². The Kier molecular flexibility index (Phi) is 5.93. The highest BCUT2D eigenvalue weighted by Crippen LogP contribution is 2.28. The monoisotopic (exact) mass is 407 g/mol. The molecule has 158 valence electrons. The third-order valence-corrected chi connectivity index (χ3v) is 6.14. The molecule has 2 amide bonds. The van der Waals surface area contributed by atoms with Crippen molar-refractivity contribution in [2.75, 3.05) is 49.6 Å². The van der Waals surface area contributed by atoms with Crippen LogP contribution in [-0.4, -0.2) is 56.5 Å². The average Bonchev–Trinajstić information content (AvgIpc) is 3.20. The van der Waals surface area contributed by atoms with Crippen molar-refractivity contribution < 1.29 is 14.3 Å². The zero-order valence-electron chi connectivity index (χ0n) is 17.7. The van der Waals surface area contributed by atoms with Crippen molar-refractivity contribution >= 4 is 23.2 Å². The summed E-state index contributed by atoms with van der Waals surface area (Å²) in [6, 6.07) is 16.1. The van der Waals surface area contributed by atoms with Crippen molar-refractivity contribution in [3.63, 3.8) is 0 Å². The van der Waals surface area contributed by atoms with Gasteiger partial charge in [0.05, 0.1) is 13.0 Å². The smallest absolute Gasteiger partial charge is 0.228 e. The number of ether oxygens (including phenoxy) is 1. The van der Waals surface area contributed by atoms with E-state index in [2.05, 4.69) is 30.0 Å². The van der Waals surface area contributed by atoms with E-state index in [1.54, 1.807) is 12.0 Å². The molecule has 2 saturated heterocycles. The number of amides is 2. The van der Waals surface area contributed by atoms with Crippen molar-refractivity contribution in [1.82, 2.24) is 4.90 Å². The number of aryl methyl sites for hydroxylation is 1. The third-order valence-electron chi connectivity index (χ3n) is 6.14. The summed E-state index contributed by atoms with van der Waals surface area (Å²) in [5.41, 5.74) is 3.24. The zero-order chi connectivity index (χ0) is 21.1. The molecule has 2 aliphatic rings. The summed E-state index contributed by atoms with van der Waals surface area (Å²) in [6.45, 7) is 5.49. The molecule has 0 spiro atoms. The Labute approximate surface area is 178 Å². The van der Waals surface area contributed by atoms with Gasteiger partial charge in [0.2, 0.25) is 11.8 Å². The van der Waals surface area contributed by atoms with Crippen molar-refractivity contribution in [2.45, 2.75) is 19.8 Å². The number of carbonyl (C=O) groups is 2. The van der Waals surface area contributed by atoms with Crippen molar-refractivity contribution in [3.8, 4) is 5.75 Å². The van der Waals surface area contributed by atoms with Crippen LogP contribution in [0.25, 0.3) is 0 Å². The minimum Gasteiger partial charge on any atom is -0.497 e. The van der Waals surface area contributed by atoms with Crippen LogP contribution in [0, 0.1) is 5.92 Å². The summed E-state index contributed by atoms with van der Waals surface area (Å²) >= 11 is 0. The van der Waals surface area contributed by atoms with Gasteiger partial charge in [-0.05, 0) is 36.2 Å². The molecule has 1 atom stereocenters. The summed E-state index contributed by atoms with van der Waals surface area (Å²) in [7, 11) is 1.67. The van der Waals surface area contributed by atoms with Gasteiger partial charge in [-0.2, -0.15) is 0 Å². The van der Waals surface area contributed by atoms with Gasteiger partial charge in [0.15, 0.2) is 0 Å². The summed E-state index contributed by atoms with van der Waals surface area (Å²) < 4.78 is 5.31. The topological polar surface area (TPSA) is 53.1 Å². The predicted octanol–water partition coefficient (Wildman–Crippen LogP) is 2.96. The molecule has 2 fully saturated rings. The number of piperazine rings is 1. The second-order valence-electron chi connectivity index (χ2n) is 7.94. The first-order valence-corrected chi connectivity index (χ1v) is 10.7. The highest BCUT2D eigenvalue weighted by molar-refractivity contribution is 6.00. The van der Waals surface area contributed by atoms with Crippen LogP contribution in [0.5, 0.6) is 5.75 Å². The van der Waals surface area contributed by atoms with Gasteiger partial charge >= 0.3 is 0 Å². The van der Waals surface area contributed by atoms with Crippen LogP contribution in [0.2, 0.25) is 0 Å². The van der Waals surface area contributed by atoms with Gasteiger partial charge in [0.25, 0.3) is 0 Å². The Bertz CT molecular complexity index is 904. The zero-order valence-corrected chi connectivity index (χ0v) is 17.7. The first kappa shape index (κ1) is 20.3. The van der Waals surface area contributed by atoms with Gasteiger partial charge in [-0.15, -0.1) is 0 Å².